The van der Waals surface area contributed by atoms with E-state index in [0.29, 0.717) is 18.5 Å². The molecule has 20 heavy (non-hydrogen) atoms. The highest BCUT2D eigenvalue weighted by Crippen LogP contribution is 2.26. The molecule has 0 spiro atoms. The van der Waals surface area contributed by atoms with Gasteiger partial charge in [-0.05, 0) is 30.7 Å². The van der Waals surface area contributed by atoms with E-state index in [-0.39, 0.29) is 11.3 Å². The minimum atomic E-state index is -0.503. The lowest BCUT2D eigenvalue weighted by molar-refractivity contribution is -0.384. The number of anilines is 1. The van der Waals surface area contributed by atoms with Crippen molar-refractivity contribution in [2.24, 2.45) is 0 Å². The van der Waals surface area contributed by atoms with Gasteiger partial charge in [0.25, 0.3) is 5.69 Å². The summed E-state index contributed by atoms with van der Waals surface area (Å²) in [5, 5.41) is 14.0. The van der Waals surface area contributed by atoms with Crippen LogP contribution in [-0.4, -0.2) is 17.8 Å². The van der Waals surface area contributed by atoms with Crippen molar-refractivity contribution < 1.29 is 9.72 Å². The number of benzene rings is 1. The summed E-state index contributed by atoms with van der Waals surface area (Å²) in [6, 6.07) is 8.10. The lowest BCUT2D eigenvalue weighted by Crippen LogP contribution is -2.06. The number of carbonyl (C=O) groups excluding carboxylic acids is 1. The Hall–Kier alpha value is -1.92. The topological polar surface area (TPSA) is 72.2 Å². The molecule has 0 fully saturated rings. The van der Waals surface area contributed by atoms with Crippen LogP contribution in [0.2, 0.25) is 4.34 Å². The Kier molecular flexibility index (Phi) is 4.70. The summed E-state index contributed by atoms with van der Waals surface area (Å²) in [5.41, 5.74) is 0.592. The molecular weight excluding hydrogens is 300 g/mol. The van der Waals surface area contributed by atoms with Gasteiger partial charge in [0, 0.05) is 23.1 Å². The highest BCUT2D eigenvalue weighted by molar-refractivity contribution is 7.16. The number of nitro benzene ring substituents is 1. The minimum absolute atomic E-state index is 0.0983. The van der Waals surface area contributed by atoms with Crippen molar-refractivity contribution in [3.8, 4) is 0 Å². The number of hydrogen-bond donors (Lipinski definition) is 1. The van der Waals surface area contributed by atoms with Crippen LogP contribution in [0.4, 0.5) is 11.4 Å². The van der Waals surface area contributed by atoms with Crippen molar-refractivity contribution in [1.82, 2.24) is 0 Å². The van der Waals surface area contributed by atoms with Crippen LogP contribution >= 0.6 is 22.9 Å². The molecule has 0 amide bonds. The van der Waals surface area contributed by atoms with E-state index in [9.17, 15) is 14.9 Å². The van der Waals surface area contributed by atoms with E-state index >= 15 is 0 Å². The third-order valence-electron chi connectivity index (χ3n) is 2.67. The second-order valence-electron chi connectivity index (χ2n) is 4.03. The molecule has 104 valence electrons. The van der Waals surface area contributed by atoms with Gasteiger partial charge in [0.2, 0.25) is 0 Å². The molecule has 0 aliphatic heterocycles. The molecule has 1 heterocycles. The summed E-state index contributed by atoms with van der Waals surface area (Å²) in [4.78, 5) is 22.2. The summed E-state index contributed by atoms with van der Waals surface area (Å²) in [6.45, 7) is 0.554. The van der Waals surface area contributed by atoms with Gasteiger partial charge in [0.15, 0.2) is 0 Å². The van der Waals surface area contributed by atoms with Crippen molar-refractivity contribution in [2.45, 2.75) is 6.42 Å². The molecule has 7 heteroatoms. The Bertz CT molecular complexity index is 642. The van der Waals surface area contributed by atoms with E-state index in [0.717, 1.165) is 15.6 Å². The highest BCUT2D eigenvalue weighted by atomic mass is 35.5. The van der Waals surface area contributed by atoms with E-state index in [1.54, 1.807) is 12.1 Å². The van der Waals surface area contributed by atoms with E-state index in [1.165, 1.54) is 17.4 Å². The number of nitro groups is 1. The molecule has 0 saturated carbocycles. The minimum Gasteiger partial charge on any atom is -0.379 e. The second kappa shape index (κ2) is 6.49. The predicted octanol–water partition coefficient (Wildman–Crippen LogP) is 3.78. The number of carbonyl (C=O) groups is 1. The van der Waals surface area contributed by atoms with E-state index in [2.05, 4.69) is 5.32 Å². The quantitative estimate of drug-likeness (QED) is 0.500. The van der Waals surface area contributed by atoms with Crippen molar-refractivity contribution in [1.29, 1.82) is 0 Å². The molecule has 1 aromatic carbocycles. The third kappa shape index (κ3) is 3.55. The molecule has 0 aliphatic rings. The van der Waals surface area contributed by atoms with Crippen molar-refractivity contribution in [3.05, 3.63) is 55.2 Å². The van der Waals surface area contributed by atoms with E-state index in [1.807, 2.05) is 12.1 Å². The van der Waals surface area contributed by atoms with Gasteiger partial charge in [-0.1, -0.05) is 11.6 Å². The SMILES string of the molecule is O=Cc1ccc(NCCc2ccc(Cl)s2)c([N+](=O)[O-])c1. The van der Waals surface area contributed by atoms with Gasteiger partial charge < -0.3 is 5.32 Å². The molecule has 2 rings (SSSR count). The fourth-order valence-corrected chi connectivity index (χ4v) is 2.82. The Morgan fingerprint density at radius 3 is 2.75 bits per heavy atom. The molecule has 0 atom stereocenters. The van der Waals surface area contributed by atoms with E-state index < -0.39 is 4.92 Å². The van der Waals surface area contributed by atoms with Crippen LogP contribution in [0.1, 0.15) is 15.2 Å². The molecule has 2 aromatic rings. The predicted molar refractivity (Wildman–Crippen MR) is 80.0 cm³/mol. The van der Waals surface area contributed by atoms with E-state index in [4.69, 9.17) is 11.6 Å². The average Bonchev–Trinajstić information content (AvgIpc) is 2.84. The maximum Gasteiger partial charge on any atom is 0.293 e. The third-order valence-corrected chi connectivity index (χ3v) is 3.96. The number of nitrogens with one attached hydrogen (secondary N) is 1. The molecule has 0 saturated heterocycles. The zero-order chi connectivity index (χ0) is 14.5. The maximum absolute atomic E-state index is 11.0. The number of halogens is 1. The molecule has 0 aliphatic carbocycles. The van der Waals surface area contributed by atoms with Crippen molar-refractivity contribution in [3.63, 3.8) is 0 Å². The number of rotatable bonds is 6. The normalized spacial score (nSPS) is 10.2. The first-order valence-electron chi connectivity index (χ1n) is 5.82. The molecule has 0 bridgehead atoms. The van der Waals surface area contributed by atoms with Crippen LogP contribution in [0.5, 0.6) is 0 Å². The van der Waals surface area contributed by atoms with Gasteiger partial charge in [-0.3, -0.25) is 14.9 Å². The summed E-state index contributed by atoms with van der Waals surface area (Å²) in [7, 11) is 0. The van der Waals surface area contributed by atoms with Gasteiger partial charge >= 0.3 is 0 Å². The van der Waals surface area contributed by atoms with Crippen LogP contribution in [0.15, 0.2) is 30.3 Å². The lowest BCUT2D eigenvalue weighted by atomic mass is 10.2. The monoisotopic (exact) mass is 310 g/mol. The molecule has 0 radical (unpaired) electrons. The molecule has 1 N–H and O–H groups in total. The zero-order valence-corrected chi connectivity index (χ0v) is 11.9. The number of aldehydes is 1. The second-order valence-corrected chi connectivity index (χ2v) is 5.83. The summed E-state index contributed by atoms with van der Waals surface area (Å²) in [5.74, 6) is 0. The van der Waals surface area contributed by atoms with Gasteiger partial charge in [0.1, 0.15) is 12.0 Å². The van der Waals surface area contributed by atoms with Crippen molar-refractivity contribution >= 4 is 40.6 Å². The fourth-order valence-electron chi connectivity index (χ4n) is 1.73. The Labute approximate surface area is 124 Å². The van der Waals surface area contributed by atoms with Crippen LogP contribution in [-0.2, 0) is 6.42 Å². The summed E-state index contributed by atoms with van der Waals surface area (Å²) < 4.78 is 0.723. The number of thiophene rings is 1. The Morgan fingerprint density at radius 1 is 1.35 bits per heavy atom. The first-order valence-corrected chi connectivity index (χ1v) is 7.01. The Morgan fingerprint density at radius 2 is 2.15 bits per heavy atom. The lowest BCUT2D eigenvalue weighted by Gasteiger charge is -2.06. The summed E-state index contributed by atoms with van der Waals surface area (Å²) >= 11 is 7.32. The van der Waals surface area contributed by atoms with Gasteiger partial charge in [-0.15, -0.1) is 11.3 Å². The average molecular weight is 311 g/mol. The highest BCUT2D eigenvalue weighted by Gasteiger charge is 2.14. The van der Waals surface area contributed by atoms with Gasteiger partial charge in [-0.25, -0.2) is 0 Å². The maximum atomic E-state index is 11.0. The number of hydrogen-bond acceptors (Lipinski definition) is 5. The Balaban J connectivity index is 2.05. The first-order chi connectivity index (χ1) is 9.60. The summed E-state index contributed by atoms with van der Waals surface area (Å²) in [6.07, 6.45) is 1.31. The standard InChI is InChI=1S/C13H11ClN2O3S/c14-13-4-2-10(20-13)5-6-15-11-3-1-9(8-17)7-12(11)16(18)19/h1-4,7-8,15H,5-6H2. The number of nitrogens with zero attached hydrogens (tertiary/aromatic N) is 1. The molecular formula is C13H11ClN2O3S. The molecule has 5 nitrogen and oxygen atoms in total. The molecule has 0 unspecified atom stereocenters. The smallest absolute Gasteiger partial charge is 0.293 e. The van der Waals surface area contributed by atoms with Crippen LogP contribution in [0, 0.1) is 10.1 Å². The van der Waals surface area contributed by atoms with Gasteiger partial charge in [0.05, 0.1) is 9.26 Å². The molecule has 1 aromatic heterocycles. The van der Waals surface area contributed by atoms with Crippen LogP contribution in [0.3, 0.4) is 0 Å². The van der Waals surface area contributed by atoms with Crippen molar-refractivity contribution in [2.75, 3.05) is 11.9 Å². The fraction of sp³-hybridized carbons (Fsp3) is 0.154. The first kappa shape index (κ1) is 14.5. The zero-order valence-electron chi connectivity index (χ0n) is 10.3. The largest absolute Gasteiger partial charge is 0.379 e. The van der Waals surface area contributed by atoms with Crippen LogP contribution in [0.25, 0.3) is 0 Å². The van der Waals surface area contributed by atoms with Crippen LogP contribution < -0.4 is 5.32 Å². The van der Waals surface area contributed by atoms with Gasteiger partial charge in [-0.2, -0.15) is 0 Å².